The minimum Gasteiger partial charge on any atom is -0.493 e. The van der Waals surface area contributed by atoms with E-state index in [0.29, 0.717) is 18.7 Å². The standard InChI is InChI=1S/C11H16BrNO3S/c12-10-2-4-11(5-3-10)16-7-9-17(14,15)8-1-6-13/h2-5H,1,6-9,13H2. The third-order valence-electron chi connectivity index (χ3n) is 2.14. The molecule has 6 heteroatoms. The van der Waals surface area contributed by atoms with Crippen LogP contribution in [0.25, 0.3) is 0 Å². The van der Waals surface area contributed by atoms with Gasteiger partial charge >= 0.3 is 0 Å². The van der Waals surface area contributed by atoms with Gasteiger partial charge in [0.05, 0.1) is 11.5 Å². The minimum absolute atomic E-state index is 0.0308. The van der Waals surface area contributed by atoms with Crippen molar-refractivity contribution < 1.29 is 13.2 Å². The van der Waals surface area contributed by atoms with E-state index in [1.165, 1.54) is 0 Å². The Morgan fingerprint density at radius 2 is 1.82 bits per heavy atom. The third-order valence-corrected chi connectivity index (χ3v) is 4.36. The van der Waals surface area contributed by atoms with Crippen molar-refractivity contribution in [2.24, 2.45) is 5.73 Å². The molecule has 1 aromatic rings. The van der Waals surface area contributed by atoms with Crippen molar-refractivity contribution in [2.75, 3.05) is 24.7 Å². The van der Waals surface area contributed by atoms with Crippen molar-refractivity contribution in [1.82, 2.24) is 0 Å². The van der Waals surface area contributed by atoms with Crippen LogP contribution in [0.5, 0.6) is 5.75 Å². The molecule has 0 aliphatic carbocycles. The number of halogens is 1. The summed E-state index contributed by atoms with van der Waals surface area (Å²) in [6, 6.07) is 7.27. The zero-order valence-corrected chi connectivity index (χ0v) is 11.8. The van der Waals surface area contributed by atoms with E-state index in [-0.39, 0.29) is 18.1 Å². The van der Waals surface area contributed by atoms with Crippen molar-refractivity contribution in [3.8, 4) is 5.75 Å². The Kier molecular flexibility index (Phi) is 5.94. The van der Waals surface area contributed by atoms with Gasteiger partial charge in [-0.2, -0.15) is 0 Å². The predicted molar refractivity (Wildman–Crippen MR) is 72.0 cm³/mol. The molecule has 0 aromatic heterocycles. The molecule has 2 N–H and O–H groups in total. The van der Waals surface area contributed by atoms with Gasteiger partial charge < -0.3 is 10.5 Å². The van der Waals surface area contributed by atoms with Crippen LogP contribution < -0.4 is 10.5 Å². The monoisotopic (exact) mass is 321 g/mol. The molecule has 0 bridgehead atoms. The normalized spacial score (nSPS) is 11.4. The van der Waals surface area contributed by atoms with Crippen molar-refractivity contribution in [2.45, 2.75) is 6.42 Å². The Hall–Kier alpha value is -0.590. The van der Waals surface area contributed by atoms with Gasteiger partial charge in [-0.15, -0.1) is 0 Å². The highest BCUT2D eigenvalue weighted by Gasteiger charge is 2.10. The van der Waals surface area contributed by atoms with Gasteiger partial charge in [0.1, 0.15) is 12.4 Å². The Balaban J connectivity index is 2.34. The molecule has 0 saturated carbocycles. The quantitative estimate of drug-likeness (QED) is 0.828. The van der Waals surface area contributed by atoms with E-state index in [4.69, 9.17) is 10.5 Å². The number of benzene rings is 1. The first-order valence-electron chi connectivity index (χ1n) is 5.32. The Bertz CT molecular complexity index is 431. The molecule has 0 aliphatic heterocycles. The molecular formula is C11H16BrNO3S. The second kappa shape index (κ2) is 6.98. The summed E-state index contributed by atoms with van der Waals surface area (Å²) in [5, 5.41) is 0. The van der Waals surface area contributed by atoms with Crippen LogP contribution in [0.3, 0.4) is 0 Å². The van der Waals surface area contributed by atoms with Gasteiger partial charge in [-0.1, -0.05) is 15.9 Å². The lowest BCUT2D eigenvalue weighted by atomic mass is 10.3. The molecule has 0 radical (unpaired) electrons. The first kappa shape index (κ1) is 14.5. The summed E-state index contributed by atoms with van der Waals surface area (Å²) in [6.07, 6.45) is 0.501. The number of ether oxygens (including phenoxy) is 1. The molecule has 0 amide bonds. The molecule has 17 heavy (non-hydrogen) atoms. The van der Waals surface area contributed by atoms with Gasteiger partial charge in [0.25, 0.3) is 0 Å². The number of hydrogen-bond acceptors (Lipinski definition) is 4. The molecule has 0 fully saturated rings. The van der Waals surface area contributed by atoms with Gasteiger partial charge in [-0.3, -0.25) is 0 Å². The van der Waals surface area contributed by atoms with Crippen LogP contribution in [0.4, 0.5) is 0 Å². The van der Waals surface area contributed by atoms with E-state index in [2.05, 4.69) is 15.9 Å². The van der Waals surface area contributed by atoms with E-state index in [0.717, 1.165) is 4.47 Å². The van der Waals surface area contributed by atoms with Crippen molar-refractivity contribution in [1.29, 1.82) is 0 Å². The maximum Gasteiger partial charge on any atom is 0.153 e. The summed E-state index contributed by atoms with van der Waals surface area (Å²) < 4.78 is 29.3. The molecular weight excluding hydrogens is 306 g/mol. The van der Waals surface area contributed by atoms with Crippen LogP contribution in [0.1, 0.15) is 6.42 Å². The van der Waals surface area contributed by atoms with Crippen LogP contribution in [-0.2, 0) is 9.84 Å². The SMILES string of the molecule is NCCCS(=O)(=O)CCOc1ccc(Br)cc1. The Labute approximate surface area is 110 Å². The molecule has 0 unspecified atom stereocenters. The highest BCUT2D eigenvalue weighted by atomic mass is 79.9. The number of nitrogens with two attached hydrogens (primary N) is 1. The average Bonchev–Trinajstić information content (AvgIpc) is 2.29. The summed E-state index contributed by atoms with van der Waals surface area (Å²) >= 11 is 3.31. The van der Waals surface area contributed by atoms with E-state index in [9.17, 15) is 8.42 Å². The van der Waals surface area contributed by atoms with Gasteiger partial charge in [-0.25, -0.2) is 8.42 Å². The molecule has 0 heterocycles. The van der Waals surface area contributed by atoms with Crippen molar-refractivity contribution >= 4 is 25.8 Å². The second-order valence-electron chi connectivity index (χ2n) is 3.60. The molecule has 1 rings (SSSR count). The first-order chi connectivity index (χ1) is 8.03. The first-order valence-corrected chi connectivity index (χ1v) is 7.94. The van der Waals surface area contributed by atoms with Gasteiger partial charge in [0, 0.05) is 4.47 Å². The third kappa shape index (κ3) is 6.05. The minimum atomic E-state index is -3.04. The smallest absolute Gasteiger partial charge is 0.153 e. The number of hydrogen-bond donors (Lipinski definition) is 1. The van der Waals surface area contributed by atoms with Crippen LogP contribution in [-0.4, -0.2) is 33.1 Å². The molecule has 96 valence electrons. The summed E-state index contributed by atoms with van der Waals surface area (Å²) in [7, 11) is -3.04. The molecule has 0 spiro atoms. The summed E-state index contributed by atoms with van der Waals surface area (Å²) in [5.41, 5.74) is 5.27. The van der Waals surface area contributed by atoms with E-state index in [1.54, 1.807) is 12.1 Å². The van der Waals surface area contributed by atoms with E-state index in [1.807, 2.05) is 12.1 Å². The summed E-state index contributed by atoms with van der Waals surface area (Å²) in [5.74, 6) is 0.832. The fourth-order valence-electron chi connectivity index (χ4n) is 1.22. The van der Waals surface area contributed by atoms with Crippen molar-refractivity contribution in [3.05, 3.63) is 28.7 Å². The molecule has 4 nitrogen and oxygen atoms in total. The van der Waals surface area contributed by atoms with Crippen LogP contribution >= 0.6 is 15.9 Å². The largest absolute Gasteiger partial charge is 0.493 e. The highest BCUT2D eigenvalue weighted by Crippen LogP contribution is 2.15. The zero-order chi connectivity index (χ0) is 12.7. The Morgan fingerprint density at radius 1 is 1.18 bits per heavy atom. The maximum atomic E-state index is 11.5. The fraction of sp³-hybridized carbons (Fsp3) is 0.455. The lowest BCUT2D eigenvalue weighted by Gasteiger charge is -2.06. The Morgan fingerprint density at radius 3 is 2.41 bits per heavy atom. The number of rotatable bonds is 7. The van der Waals surface area contributed by atoms with Crippen LogP contribution in [0.2, 0.25) is 0 Å². The highest BCUT2D eigenvalue weighted by molar-refractivity contribution is 9.10. The lowest BCUT2D eigenvalue weighted by molar-refractivity contribution is 0.341. The number of sulfone groups is 1. The zero-order valence-electron chi connectivity index (χ0n) is 9.43. The van der Waals surface area contributed by atoms with Crippen molar-refractivity contribution in [3.63, 3.8) is 0 Å². The molecule has 0 saturated heterocycles. The van der Waals surface area contributed by atoms with Crippen LogP contribution in [0.15, 0.2) is 28.7 Å². The van der Waals surface area contributed by atoms with Gasteiger partial charge in [0.15, 0.2) is 9.84 Å². The molecule has 0 aliphatic rings. The van der Waals surface area contributed by atoms with E-state index < -0.39 is 9.84 Å². The molecule has 1 aromatic carbocycles. The van der Waals surface area contributed by atoms with Crippen LogP contribution in [0, 0.1) is 0 Å². The maximum absolute atomic E-state index is 11.5. The second-order valence-corrected chi connectivity index (χ2v) is 6.82. The van der Waals surface area contributed by atoms with E-state index >= 15 is 0 Å². The topological polar surface area (TPSA) is 69.4 Å². The van der Waals surface area contributed by atoms with Gasteiger partial charge in [0.2, 0.25) is 0 Å². The predicted octanol–water partition coefficient (Wildman–Crippen LogP) is 1.59. The molecule has 0 atom stereocenters. The summed E-state index contributed by atoms with van der Waals surface area (Å²) in [6.45, 7) is 0.571. The lowest BCUT2D eigenvalue weighted by Crippen LogP contribution is -2.19. The average molecular weight is 322 g/mol. The fourth-order valence-corrected chi connectivity index (χ4v) is 2.63. The van der Waals surface area contributed by atoms with Gasteiger partial charge in [-0.05, 0) is 37.2 Å². The summed E-state index contributed by atoms with van der Waals surface area (Å²) in [4.78, 5) is 0.